The average molecular weight is 379 g/mol. The van der Waals surface area contributed by atoms with Gasteiger partial charge in [-0.1, -0.05) is 48.5 Å². The normalized spacial score (nSPS) is 11.1. The molecule has 0 N–H and O–H groups in total. The number of furan rings is 1. The van der Waals surface area contributed by atoms with E-state index in [9.17, 15) is 4.79 Å². The average Bonchev–Trinajstić information content (AvgIpc) is 3.38. The highest BCUT2D eigenvalue weighted by Gasteiger charge is 2.16. The molecular formula is C24H17N3O2. The van der Waals surface area contributed by atoms with E-state index in [1.54, 1.807) is 12.1 Å². The Labute approximate surface area is 167 Å². The summed E-state index contributed by atoms with van der Waals surface area (Å²) < 4.78 is 7.46. The molecule has 0 radical (unpaired) electrons. The molecular weight excluding hydrogens is 362 g/mol. The molecule has 29 heavy (non-hydrogen) atoms. The first-order valence-electron chi connectivity index (χ1n) is 9.30. The molecule has 0 aliphatic heterocycles. The summed E-state index contributed by atoms with van der Waals surface area (Å²) in [5, 5.41) is 4.77. The molecule has 140 valence electrons. The molecule has 0 bridgehead atoms. The Hall–Kier alpha value is -3.99. The standard InChI is InChI=1S/C24H17N3O2/c1-16-23(17-6-3-2-4-7-17)24-25-13-12-21(27(24)26-16)18-8-5-9-19(14-18)22-11-10-20(15-28)29-22/h2-15H,1H3. The molecule has 0 aliphatic carbocycles. The largest absolute Gasteiger partial charge is 0.453 e. The molecule has 5 rings (SSSR count). The number of carbonyl (C=O) groups is 1. The van der Waals surface area contributed by atoms with Gasteiger partial charge < -0.3 is 4.42 Å². The Kier molecular flexibility index (Phi) is 4.06. The third kappa shape index (κ3) is 2.93. The van der Waals surface area contributed by atoms with E-state index in [0.717, 1.165) is 39.3 Å². The van der Waals surface area contributed by atoms with Crippen LogP contribution in [0.2, 0.25) is 0 Å². The third-order valence-corrected chi connectivity index (χ3v) is 4.94. The van der Waals surface area contributed by atoms with Crippen molar-refractivity contribution in [3.63, 3.8) is 0 Å². The molecule has 0 saturated heterocycles. The van der Waals surface area contributed by atoms with Crippen LogP contribution in [0, 0.1) is 6.92 Å². The Balaban J connectivity index is 1.67. The van der Waals surface area contributed by atoms with Crippen molar-refractivity contribution in [2.45, 2.75) is 6.92 Å². The van der Waals surface area contributed by atoms with E-state index in [0.29, 0.717) is 17.8 Å². The first-order chi connectivity index (χ1) is 14.2. The van der Waals surface area contributed by atoms with E-state index < -0.39 is 0 Å². The number of fused-ring (bicyclic) bond motifs is 1. The number of hydrogen-bond acceptors (Lipinski definition) is 4. The SMILES string of the molecule is Cc1nn2c(-c3cccc(-c4ccc(C=O)o4)c3)ccnc2c1-c1ccccc1. The lowest BCUT2D eigenvalue weighted by Gasteiger charge is -2.07. The van der Waals surface area contributed by atoms with Gasteiger partial charge in [-0.3, -0.25) is 4.79 Å². The smallest absolute Gasteiger partial charge is 0.185 e. The van der Waals surface area contributed by atoms with Gasteiger partial charge in [-0.15, -0.1) is 0 Å². The molecule has 0 amide bonds. The summed E-state index contributed by atoms with van der Waals surface area (Å²) in [6.45, 7) is 2.00. The van der Waals surface area contributed by atoms with Crippen molar-refractivity contribution in [3.8, 4) is 33.7 Å². The molecule has 0 unspecified atom stereocenters. The molecule has 0 spiro atoms. The predicted molar refractivity (Wildman–Crippen MR) is 112 cm³/mol. The third-order valence-electron chi connectivity index (χ3n) is 4.94. The van der Waals surface area contributed by atoms with Gasteiger partial charge in [0.1, 0.15) is 5.76 Å². The van der Waals surface area contributed by atoms with Gasteiger partial charge in [0.15, 0.2) is 17.7 Å². The van der Waals surface area contributed by atoms with Gasteiger partial charge >= 0.3 is 0 Å². The summed E-state index contributed by atoms with van der Waals surface area (Å²) in [6, 6.07) is 23.6. The second-order valence-electron chi connectivity index (χ2n) is 6.79. The van der Waals surface area contributed by atoms with Crippen molar-refractivity contribution >= 4 is 11.9 Å². The van der Waals surface area contributed by atoms with E-state index in [4.69, 9.17) is 9.52 Å². The number of carbonyl (C=O) groups excluding carboxylic acids is 1. The summed E-state index contributed by atoms with van der Waals surface area (Å²) in [7, 11) is 0. The number of hydrogen-bond donors (Lipinski definition) is 0. The highest BCUT2D eigenvalue weighted by Crippen LogP contribution is 2.31. The molecule has 3 heterocycles. The number of aryl methyl sites for hydroxylation is 1. The van der Waals surface area contributed by atoms with Crippen LogP contribution >= 0.6 is 0 Å². The summed E-state index contributed by atoms with van der Waals surface area (Å²) >= 11 is 0. The number of rotatable bonds is 4. The fourth-order valence-corrected chi connectivity index (χ4v) is 3.62. The Morgan fingerprint density at radius 3 is 2.48 bits per heavy atom. The highest BCUT2D eigenvalue weighted by molar-refractivity contribution is 5.82. The van der Waals surface area contributed by atoms with Crippen LogP contribution in [0.15, 0.2) is 83.4 Å². The van der Waals surface area contributed by atoms with E-state index in [1.807, 2.05) is 66.2 Å². The zero-order chi connectivity index (χ0) is 19.8. The minimum absolute atomic E-state index is 0.312. The van der Waals surface area contributed by atoms with Crippen LogP contribution in [0.3, 0.4) is 0 Å². The summed E-state index contributed by atoms with van der Waals surface area (Å²) in [4.78, 5) is 15.5. The lowest BCUT2D eigenvalue weighted by molar-refractivity contribution is 0.110. The van der Waals surface area contributed by atoms with E-state index in [1.165, 1.54) is 0 Å². The zero-order valence-electron chi connectivity index (χ0n) is 15.7. The van der Waals surface area contributed by atoms with Gasteiger partial charge in [-0.05, 0) is 36.8 Å². The summed E-state index contributed by atoms with van der Waals surface area (Å²) in [5.41, 5.74) is 6.69. The molecule has 0 aliphatic rings. The van der Waals surface area contributed by atoms with Gasteiger partial charge in [0.05, 0.1) is 11.4 Å². The van der Waals surface area contributed by atoms with Crippen LogP contribution in [0.1, 0.15) is 16.2 Å². The molecule has 0 atom stereocenters. The summed E-state index contributed by atoms with van der Waals surface area (Å²) in [5.74, 6) is 0.966. The number of benzene rings is 2. The first-order valence-corrected chi connectivity index (χ1v) is 9.30. The van der Waals surface area contributed by atoms with Crippen molar-refractivity contribution in [2.75, 3.05) is 0 Å². The lowest BCUT2D eigenvalue weighted by atomic mass is 10.1. The van der Waals surface area contributed by atoms with Gasteiger partial charge in [-0.25, -0.2) is 9.50 Å². The molecule has 5 aromatic rings. The number of aldehydes is 1. The number of nitrogens with zero attached hydrogens (tertiary/aromatic N) is 3. The molecule has 5 nitrogen and oxygen atoms in total. The Morgan fingerprint density at radius 1 is 0.897 bits per heavy atom. The summed E-state index contributed by atoms with van der Waals surface area (Å²) in [6.07, 6.45) is 2.51. The fourth-order valence-electron chi connectivity index (χ4n) is 3.62. The van der Waals surface area contributed by atoms with Crippen molar-refractivity contribution in [2.24, 2.45) is 0 Å². The van der Waals surface area contributed by atoms with Crippen LogP contribution in [-0.4, -0.2) is 20.9 Å². The molecule has 5 heteroatoms. The Bertz CT molecular complexity index is 1330. The van der Waals surface area contributed by atoms with Crippen molar-refractivity contribution < 1.29 is 9.21 Å². The number of aromatic nitrogens is 3. The predicted octanol–water partition coefficient (Wildman–Crippen LogP) is 5.44. The maximum atomic E-state index is 10.9. The van der Waals surface area contributed by atoms with E-state index in [2.05, 4.69) is 17.1 Å². The lowest BCUT2D eigenvalue weighted by Crippen LogP contribution is -1.96. The van der Waals surface area contributed by atoms with Gasteiger partial charge in [-0.2, -0.15) is 5.10 Å². The molecule has 2 aromatic carbocycles. The quantitative estimate of drug-likeness (QED) is 0.390. The zero-order valence-corrected chi connectivity index (χ0v) is 15.7. The first kappa shape index (κ1) is 17.1. The van der Waals surface area contributed by atoms with Gasteiger partial charge in [0.2, 0.25) is 0 Å². The van der Waals surface area contributed by atoms with Gasteiger partial charge in [0.25, 0.3) is 0 Å². The minimum atomic E-state index is 0.312. The second-order valence-corrected chi connectivity index (χ2v) is 6.79. The van der Waals surface area contributed by atoms with Crippen LogP contribution < -0.4 is 0 Å². The van der Waals surface area contributed by atoms with Crippen LogP contribution in [-0.2, 0) is 0 Å². The van der Waals surface area contributed by atoms with E-state index >= 15 is 0 Å². The molecule has 3 aromatic heterocycles. The Morgan fingerprint density at radius 2 is 1.69 bits per heavy atom. The monoisotopic (exact) mass is 379 g/mol. The van der Waals surface area contributed by atoms with Crippen LogP contribution in [0.25, 0.3) is 39.4 Å². The maximum Gasteiger partial charge on any atom is 0.185 e. The molecule has 0 fully saturated rings. The second kappa shape index (κ2) is 6.87. The maximum absolute atomic E-state index is 10.9. The molecule has 0 saturated carbocycles. The topological polar surface area (TPSA) is 60.4 Å². The van der Waals surface area contributed by atoms with Crippen LogP contribution in [0.4, 0.5) is 0 Å². The highest BCUT2D eigenvalue weighted by atomic mass is 16.3. The fraction of sp³-hybridized carbons (Fsp3) is 0.0417. The van der Waals surface area contributed by atoms with Crippen molar-refractivity contribution in [3.05, 3.63) is 90.4 Å². The minimum Gasteiger partial charge on any atom is -0.453 e. The van der Waals surface area contributed by atoms with Crippen LogP contribution in [0.5, 0.6) is 0 Å². The van der Waals surface area contributed by atoms with E-state index in [-0.39, 0.29) is 0 Å². The van der Waals surface area contributed by atoms with Crippen molar-refractivity contribution in [1.82, 2.24) is 14.6 Å². The van der Waals surface area contributed by atoms with Crippen molar-refractivity contribution in [1.29, 1.82) is 0 Å². The van der Waals surface area contributed by atoms with Gasteiger partial charge in [0, 0.05) is 22.9 Å².